The number of rotatable bonds is 7. The molecule has 0 spiro atoms. The molecule has 0 saturated carbocycles. The fraction of sp³-hybridized carbons (Fsp3) is 0.412. The summed E-state index contributed by atoms with van der Waals surface area (Å²) in [5.41, 5.74) is 2.11. The van der Waals surface area contributed by atoms with Crippen LogP contribution >= 0.6 is 58.5 Å². The minimum atomic E-state index is 0. The second-order valence-corrected chi connectivity index (χ2v) is 7.39. The monoisotopic (exact) mass is 527 g/mol. The summed E-state index contributed by atoms with van der Waals surface area (Å²) in [4.78, 5) is 10.8. The minimum Gasteiger partial charge on any atom is -0.356 e. The average Bonchev–Trinajstić information content (AvgIpc) is 3.05. The quantitative estimate of drug-likeness (QED) is 0.242. The molecule has 1 aromatic heterocycles. The maximum Gasteiger partial charge on any atom is 0.191 e. The van der Waals surface area contributed by atoms with Gasteiger partial charge in [-0.3, -0.25) is 4.99 Å². The Hall–Kier alpha value is -0.770. The zero-order chi connectivity index (χ0) is 18.2. The Labute approximate surface area is 186 Å². The largest absolute Gasteiger partial charge is 0.356 e. The van der Waals surface area contributed by atoms with Crippen molar-refractivity contribution < 1.29 is 0 Å². The molecule has 1 heterocycles. The van der Waals surface area contributed by atoms with E-state index in [1.54, 1.807) is 24.5 Å². The van der Waals surface area contributed by atoms with Crippen LogP contribution in [0.1, 0.15) is 17.7 Å². The highest BCUT2D eigenvalue weighted by Crippen LogP contribution is 2.22. The zero-order valence-electron chi connectivity index (χ0n) is 15.1. The van der Waals surface area contributed by atoms with Crippen molar-refractivity contribution in [1.82, 2.24) is 15.6 Å². The SMILES string of the molecule is CN=C(NCCCc1ccc(Cl)cc1Cl)NCc1csc(N(C)C)n1.I. The lowest BCUT2D eigenvalue weighted by Gasteiger charge is -2.11. The maximum absolute atomic E-state index is 6.19. The van der Waals surface area contributed by atoms with Crippen LogP contribution in [0.3, 0.4) is 0 Å². The average molecular weight is 528 g/mol. The normalized spacial score (nSPS) is 11.0. The van der Waals surface area contributed by atoms with Gasteiger partial charge in [-0.25, -0.2) is 4.98 Å². The second-order valence-electron chi connectivity index (χ2n) is 5.71. The topological polar surface area (TPSA) is 52.6 Å². The van der Waals surface area contributed by atoms with Crippen LogP contribution in [0.2, 0.25) is 10.0 Å². The van der Waals surface area contributed by atoms with E-state index in [1.807, 2.05) is 31.1 Å². The number of halogens is 3. The molecule has 1 aromatic carbocycles. The maximum atomic E-state index is 6.19. The molecule has 2 rings (SSSR count). The Morgan fingerprint density at radius 3 is 2.65 bits per heavy atom. The van der Waals surface area contributed by atoms with Crippen LogP contribution < -0.4 is 15.5 Å². The van der Waals surface area contributed by atoms with Gasteiger partial charge in [-0.1, -0.05) is 29.3 Å². The van der Waals surface area contributed by atoms with Gasteiger partial charge >= 0.3 is 0 Å². The van der Waals surface area contributed by atoms with Crippen molar-refractivity contribution in [3.63, 3.8) is 0 Å². The molecule has 0 bridgehead atoms. The Balaban J connectivity index is 0.00000338. The van der Waals surface area contributed by atoms with Crippen molar-refractivity contribution in [3.8, 4) is 0 Å². The molecule has 5 nitrogen and oxygen atoms in total. The number of hydrogen-bond donors (Lipinski definition) is 2. The third-order valence-electron chi connectivity index (χ3n) is 3.51. The molecule has 0 aliphatic heterocycles. The van der Waals surface area contributed by atoms with Crippen LogP contribution in [-0.4, -0.2) is 38.6 Å². The first-order valence-corrected chi connectivity index (χ1v) is 9.63. The molecule has 0 fully saturated rings. The van der Waals surface area contributed by atoms with E-state index in [2.05, 4.69) is 26.0 Å². The number of anilines is 1. The first-order chi connectivity index (χ1) is 12.0. The fourth-order valence-corrected chi connectivity index (χ4v) is 3.45. The van der Waals surface area contributed by atoms with Crippen LogP contribution in [0.5, 0.6) is 0 Å². The summed E-state index contributed by atoms with van der Waals surface area (Å²) in [6.07, 6.45) is 1.84. The summed E-state index contributed by atoms with van der Waals surface area (Å²) in [5, 5.41) is 11.0. The van der Waals surface area contributed by atoms with E-state index >= 15 is 0 Å². The number of thiazole rings is 1. The number of aliphatic imine (C=N–C) groups is 1. The molecular formula is C17H24Cl2IN5S. The summed E-state index contributed by atoms with van der Waals surface area (Å²) in [6.45, 7) is 1.45. The minimum absolute atomic E-state index is 0. The molecule has 0 radical (unpaired) electrons. The van der Waals surface area contributed by atoms with Gasteiger partial charge in [-0.05, 0) is 30.5 Å². The Kier molecular flexibility index (Phi) is 10.6. The van der Waals surface area contributed by atoms with E-state index in [0.717, 1.165) is 46.8 Å². The van der Waals surface area contributed by atoms with Gasteiger partial charge < -0.3 is 15.5 Å². The highest BCUT2D eigenvalue weighted by Gasteiger charge is 2.05. The van der Waals surface area contributed by atoms with Crippen molar-refractivity contribution in [1.29, 1.82) is 0 Å². The molecular weight excluding hydrogens is 504 g/mol. The lowest BCUT2D eigenvalue weighted by atomic mass is 10.1. The smallest absolute Gasteiger partial charge is 0.191 e. The van der Waals surface area contributed by atoms with E-state index in [0.29, 0.717) is 11.6 Å². The van der Waals surface area contributed by atoms with Gasteiger partial charge in [0, 0.05) is 43.1 Å². The summed E-state index contributed by atoms with van der Waals surface area (Å²) in [6, 6.07) is 5.62. The number of hydrogen-bond acceptors (Lipinski definition) is 4. The Morgan fingerprint density at radius 2 is 2.04 bits per heavy atom. The van der Waals surface area contributed by atoms with Crippen molar-refractivity contribution in [2.45, 2.75) is 19.4 Å². The zero-order valence-corrected chi connectivity index (χ0v) is 19.7. The molecule has 2 aromatic rings. The molecule has 0 unspecified atom stereocenters. The van der Waals surface area contributed by atoms with Gasteiger partial charge in [0.15, 0.2) is 11.1 Å². The van der Waals surface area contributed by atoms with E-state index in [9.17, 15) is 0 Å². The van der Waals surface area contributed by atoms with E-state index in [1.165, 1.54) is 0 Å². The number of guanidine groups is 1. The molecule has 144 valence electrons. The summed E-state index contributed by atoms with van der Waals surface area (Å²) >= 11 is 13.7. The number of aryl methyl sites for hydroxylation is 1. The number of nitrogens with zero attached hydrogens (tertiary/aromatic N) is 3. The first-order valence-electron chi connectivity index (χ1n) is 7.99. The molecule has 0 aliphatic rings. The van der Waals surface area contributed by atoms with Crippen LogP contribution in [0.15, 0.2) is 28.6 Å². The fourth-order valence-electron chi connectivity index (χ4n) is 2.19. The predicted molar refractivity (Wildman–Crippen MR) is 125 cm³/mol. The molecule has 0 saturated heterocycles. The summed E-state index contributed by atoms with van der Waals surface area (Å²) in [7, 11) is 5.74. The van der Waals surface area contributed by atoms with E-state index in [4.69, 9.17) is 23.2 Å². The van der Waals surface area contributed by atoms with Crippen molar-refractivity contribution in [3.05, 3.63) is 44.9 Å². The van der Waals surface area contributed by atoms with Gasteiger partial charge in [0.05, 0.1) is 12.2 Å². The Morgan fingerprint density at radius 1 is 1.27 bits per heavy atom. The lowest BCUT2D eigenvalue weighted by Crippen LogP contribution is -2.37. The molecule has 26 heavy (non-hydrogen) atoms. The van der Waals surface area contributed by atoms with Gasteiger partial charge in [0.25, 0.3) is 0 Å². The molecule has 2 N–H and O–H groups in total. The van der Waals surface area contributed by atoms with Gasteiger partial charge in [-0.2, -0.15) is 0 Å². The van der Waals surface area contributed by atoms with Crippen molar-refractivity contribution in [2.75, 3.05) is 32.6 Å². The highest BCUT2D eigenvalue weighted by molar-refractivity contribution is 14.0. The third-order valence-corrected chi connectivity index (χ3v) is 5.16. The molecule has 0 atom stereocenters. The van der Waals surface area contributed by atoms with E-state index in [-0.39, 0.29) is 24.0 Å². The standard InChI is InChI=1S/C17H23Cl2N5S.HI/c1-20-16(22-10-14-11-25-17(23-14)24(2)3)21-8-4-5-12-6-7-13(18)9-15(12)19;/h6-7,9,11H,4-5,8,10H2,1-3H3,(H2,20,21,22);1H. The van der Waals surface area contributed by atoms with Crippen molar-refractivity contribution in [2.24, 2.45) is 4.99 Å². The van der Waals surface area contributed by atoms with E-state index < -0.39 is 0 Å². The number of aromatic nitrogens is 1. The van der Waals surface area contributed by atoms with Gasteiger partial charge in [0.2, 0.25) is 0 Å². The first kappa shape index (κ1) is 23.3. The van der Waals surface area contributed by atoms with Crippen LogP contribution in [0, 0.1) is 0 Å². The van der Waals surface area contributed by atoms with Crippen LogP contribution in [-0.2, 0) is 13.0 Å². The lowest BCUT2D eigenvalue weighted by molar-refractivity contribution is 0.739. The number of nitrogens with one attached hydrogen (secondary N) is 2. The van der Waals surface area contributed by atoms with Crippen molar-refractivity contribution >= 4 is 69.6 Å². The van der Waals surface area contributed by atoms with Crippen LogP contribution in [0.25, 0.3) is 0 Å². The molecule has 9 heteroatoms. The van der Waals surface area contributed by atoms with Gasteiger partial charge in [-0.15, -0.1) is 35.3 Å². The molecule has 0 aliphatic carbocycles. The van der Waals surface area contributed by atoms with Gasteiger partial charge in [0.1, 0.15) is 0 Å². The Bertz CT molecular complexity index is 721. The predicted octanol–water partition coefficient (Wildman–Crippen LogP) is 4.43. The second kappa shape index (κ2) is 11.8. The summed E-state index contributed by atoms with van der Waals surface area (Å²) < 4.78 is 0. The highest BCUT2D eigenvalue weighted by atomic mass is 127. The van der Waals surface area contributed by atoms with Crippen LogP contribution in [0.4, 0.5) is 5.13 Å². The third kappa shape index (κ3) is 7.46. The number of benzene rings is 1. The molecule has 0 amide bonds. The summed E-state index contributed by atoms with van der Waals surface area (Å²) in [5.74, 6) is 0.765.